The number of aryl methyl sites for hydroxylation is 1. The normalized spacial score (nSPS) is 10.0. The number of hydrogen-bond donors (Lipinski definition) is 0. The Balaban J connectivity index is 2.55. The monoisotopic (exact) mass is 283 g/mol. The summed E-state index contributed by atoms with van der Waals surface area (Å²) in [6, 6.07) is 4.72. The third kappa shape index (κ3) is 5.18. The summed E-state index contributed by atoms with van der Waals surface area (Å²) < 4.78 is 4.68. The highest BCUT2D eigenvalue weighted by Crippen LogP contribution is 2.24. The molecule has 0 saturated carbocycles. The van der Waals surface area contributed by atoms with Crippen LogP contribution in [0.15, 0.2) is 23.4 Å². The molecule has 0 N–H and O–H groups in total. The van der Waals surface area contributed by atoms with Crippen LogP contribution in [0.25, 0.3) is 0 Å². The maximum absolute atomic E-state index is 11.5. The first kappa shape index (κ1) is 15.3. The summed E-state index contributed by atoms with van der Waals surface area (Å²) in [5.41, 5.74) is 0.855. The average Bonchev–Trinajstić information content (AvgIpc) is 2.37. The average molecular weight is 284 g/mol. The number of nitrogens with zero attached hydrogens (tertiary/aromatic N) is 1. The van der Waals surface area contributed by atoms with Gasteiger partial charge in [0.2, 0.25) is 0 Å². The number of halogens is 1. The molecule has 0 fully saturated rings. The molecule has 0 heterocycles. The molecule has 0 amide bonds. The van der Waals surface area contributed by atoms with Gasteiger partial charge in [-0.2, -0.15) is 0 Å². The smallest absolute Gasteiger partial charge is 0.313 e. The highest BCUT2D eigenvalue weighted by molar-refractivity contribution is 6.30. The van der Waals surface area contributed by atoms with E-state index in [1.54, 1.807) is 19.1 Å². The zero-order valence-corrected chi connectivity index (χ0v) is 11.3. The Labute approximate surface area is 115 Å². The van der Waals surface area contributed by atoms with Crippen molar-refractivity contribution in [1.82, 2.24) is 0 Å². The van der Waals surface area contributed by atoms with Gasteiger partial charge in [0.25, 0.3) is 0 Å². The Hall–Kier alpha value is -1.75. The van der Waals surface area contributed by atoms with Crippen LogP contribution in [0.5, 0.6) is 0 Å². The second kappa shape index (κ2) is 7.63. The molecule has 1 aromatic carbocycles. The van der Waals surface area contributed by atoms with Crippen molar-refractivity contribution in [1.29, 1.82) is 0 Å². The van der Waals surface area contributed by atoms with Gasteiger partial charge in [0.15, 0.2) is 0 Å². The number of Topliss-reactive ketones (excluding diaryl/α,β-unsaturated/α-hetero) is 1. The number of nitroso groups, excluding NO2 is 1. The van der Waals surface area contributed by atoms with E-state index in [0.29, 0.717) is 17.0 Å². The molecule has 6 heteroatoms. The highest BCUT2D eigenvalue weighted by atomic mass is 35.5. The van der Waals surface area contributed by atoms with E-state index >= 15 is 0 Å². The number of esters is 1. The lowest BCUT2D eigenvalue weighted by atomic mass is 10.0. The third-order valence-electron chi connectivity index (χ3n) is 2.47. The molecule has 0 bridgehead atoms. The molecule has 19 heavy (non-hydrogen) atoms. The standard InChI is InChI=1S/C13H14ClNO4/c1-2-19-13(17)8-11(16)6-4-9-3-5-10(14)7-12(9)15-18/h3,5,7H,2,4,6,8H2,1H3. The maximum atomic E-state index is 11.5. The van der Waals surface area contributed by atoms with Gasteiger partial charge in [0.05, 0.1) is 6.61 Å². The molecule has 0 aromatic heterocycles. The van der Waals surface area contributed by atoms with Crippen LogP contribution in [0.2, 0.25) is 5.02 Å². The number of ether oxygens (including phenoxy) is 1. The van der Waals surface area contributed by atoms with Crippen molar-refractivity contribution in [3.05, 3.63) is 33.7 Å². The number of ketones is 1. The van der Waals surface area contributed by atoms with Gasteiger partial charge in [-0.3, -0.25) is 9.59 Å². The summed E-state index contributed by atoms with van der Waals surface area (Å²) in [6.07, 6.45) is 0.255. The van der Waals surface area contributed by atoms with Gasteiger partial charge in [-0.15, -0.1) is 4.91 Å². The van der Waals surface area contributed by atoms with Gasteiger partial charge in [0.1, 0.15) is 17.9 Å². The van der Waals surface area contributed by atoms with Crippen molar-refractivity contribution >= 4 is 29.0 Å². The fourth-order valence-corrected chi connectivity index (χ4v) is 1.74. The molecule has 0 spiro atoms. The summed E-state index contributed by atoms with van der Waals surface area (Å²) in [4.78, 5) is 33.3. The van der Waals surface area contributed by atoms with E-state index in [0.717, 1.165) is 0 Å². The lowest BCUT2D eigenvalue weighted by Gasteiger charge is -2.04. The van der Waals surface area contributed by atoms with Crippen LogP contribution < -0.4 is 0 Å². The first-order chi connectivity index (χ1) is 9.06. The Morgan fingerprint density at radius 1 is 1.37 bits per heavy atom. The van der Waals surface area contributed by atoms with E-state index < -0.39 is 5.97 Å². The van der Waals surface area contributed by atoms with Crippen molar-refractivity contribution in [2.24, 2.45) is 5.18 Å². The van der Waals surface area contributed by atoms with E-state index in [1.165, 1.54) is 6.07 Å². The molecule has 0 aliphatic carbocycles. The number of hydrogen-bond acceptors (Lipinski definition) is 5. The lowest BCUT2D eigenvalue weighted by molar-refractivity contribution is -0.145. The van der Waals surface area contributed by atoms with E-state index in [2.05, 4.69) is 9.91 Å². The van der Waals surface area contributed by atoms with Gasteiger partial charge in [-0.05, 0) is 36.2 Å². The molecule has 0 atom stereocenters. The molecule has 1 aromatic rings. The predicted molar refractivity (Wildman–Crippen MR) is 71.5 cm³/mol. The SMILES string of the molecule is CCOC(=O)CC(=O)CCc1ccc(Cl)cc1N=O. The number of benzene rings is 1. The fourth-order valence-electron chi connectivity index (χ4n) is 1.57. The number of carbonyl (C=O) groups excluding carboxylic acids is 2. The summed E-state index contributed by atoms with van der Waals surface area (Å²) >= 11 is 5.73. The van der Waals surface area contributed by atoms with Crippen molar-refractivity contribution in [2.45, 2.75) is 26.2 Å². The summed E-state index contributed by atoms with van der Waals surface area (Å²) in [7, 11) is 0. The van der Waals surface area contributed by atoms with Crippen LogP contribution in [0, 0.1) is 4.91 Å². The Kier molecular flexibility index (Phi) is 6.15. The Bertz CT molecular complexity index is 488. The minimum Gasteiger partial charge on any atom is -0.466 e. The van der Waals surface area contributed by atoms with E-state index in [4.69, 9.17) is 11.6 Å². The minimum atomic E-state index is -0.530. The molecule has 102 valence electrons. The second-order valence-corrected chi connectivity index (χ2v) is 4.32. The molecule has 1 rings (SSSR count). The van der Waals surface area contributed by atoms with Crippen molar-refractivity contribution in [3.63, 3.8) is 0 Å². The molecule has 5 nitrogen and oxygen atoms in total. The zero-order valence-electron chi connectivity index (χ0n) is 10.5. The van der Waals surface area contributed by atoms with Gasteiger partial charge >= 0.3 is 5.97 Å². The highest BCUT2D eigenvalue weighted by Gasteiger charge is 2.12. The largest absolute Gasteiger partial charge is 0.466 e. The van der Waals surface area contributed by atoms with Gasteiger partial charge in [-0.25, -0.2) is 0 Å². The number of carbonyl (C=O) groups is 2. The molecule has 0 saturated heterocycles. The third-order valence-corrected chi connectivity index (χ3v) is 2.70. The quantitative estimate of drug-likeness (QED) is 0.437. The molecular weight excluding hydrogens is 270 g/mol. The summed E-state index contributed by atoms with van der Waals surface area (Å²) in [5, 5.41) is 3.28. The first-order valence-electron chi connectivity index (χ1n) is 5.86. The van der Waals surface area contributed by atoms with Crippen LogP contribution >= 0.6 is 11.6 Å². The van der Waals surface area contributed by atoms with Crippen LogP contribution in [-0.2, 0) is 20.7 Å². The lowest BCUT2D eigenvalue weighted by Crippen LogP contribution is -2.11. The van der Waals surface area contributed by atoms with Crippen LogP contribution in [0.1, 0.15) is 25.3 Å². The summed E-state index contributed by atoms with van der Waals surface area (Å²) in [6.45, 7) is 1.93. The fraction of sp³-hybridized carbons (Fsp3) is 0.385. The maximum Gasteiger partial charge on any atom is 0.313 e. The van der Waals surface area contributed by atoms with E-state index in [1.807, 2.05) is 0 Å². The van der Waals surface area contributed by atoms with Crippen molar-refractivity contribution in [3.8, 4) is 0 Å². The first-order valence-corrected chi connectivity index (χ1v) is 6.23. The molecule has 0 radical (unpaired) electrons. The van der Waals surface area contributed by atoms with Crippen molar-refractivity contribution in [2.75, 3.05) is 6.61 Å². The second-order valence-electron chi connectivity index (χ2n) is 3.88. The Morgan fingerprint density at radius 3 is 2.74 bits per heavy atom. The van der Waals surface area contributed by atoms with Gasteiger partial charge < -0.3 is 4.74 Å². The predicted octanol–water partition coefficient (Wildman–Crippen LogP) is 3.19. The van der Waals surface area contributed by atoms with E-state index in [9.17, 15) is 14.5 Å². The molecular formula is C13H14ClNO4. The topological polar surface area (TPSA) is 72.8 Å². The Morgan fingerprint density at radius 2 is 2.11 bits per heavy atom. The molecule has 0 unspecified atom stereocenters. The van der Waals surface area contributed by atoms with Gasteiger partial charge in [-0.1, -0.05) is 17.7 Å². The van der Waals surface area contributed by atoms with Crippen LogP contribution in [-0.4, -0.2) is 18.4 Å². The number of rotatable bonds is 7. The summed E-state index contributed by atoms with van der Waals surface area (Å²) in [5.74, 6) is -0.761. The van der Waals surface area contributed by atoms with Crippen LogP contribution in [0.3, 0.4) is 0 Å². The van der Waals surface area contributed by atoms with E-state index in [-0.39, 0.29) is 30.9 Å². The van der Waals surface area contributed by atoms with Crippen LogP contribution in [0.4, 0.5) is 5.69 Å². The minimum absolute atomic E-state index is 0.156. The molecule has 0 aliphatic rings. The molecule has 0 aliphatic heterocycles. The zero-order chi connectivity index (χ0) is 14.3. The van der Waals surface area contributed by atoms with Crippen molar-refractivity contribution < 1.29 is 14.3 Å². The van der Waals surface area contributed by atoms with Gasteiger partial charge in [0, 0.05) is 11.4 Å².